The molecular formula is C29H29F4N3O. The molecule has 2 aliphatic rings. The topological polar surface area (TPSA) is 35.6 Å². The molecular weight excluding hydrogens is 482 g/mol. The molecule has 1 amide bonds. The van der Waals surface area contributed by atoms with Gasteiger partial charge in [0, 0.05) is 26.2 Å². The molecule has 0 saturated carbocycles. The smallest absolute Gasteiger partial charge is 0.319 e. The van der Waals surface area contributed by atoms with Gasteiger partial charge in [0.05, 0.1) is 17.3 Å². The third-order valence-electron chi connectivity index (χ3n) is 7.42. The van der Waals surface area contributed by atoms with E-state index < -0.39 is 23.2 Å². The first-order chi connectivity index (χ1) is 17.7. The van der Waals surface area contributed by atoms with Crippen molar-refractivity contribution in [2.75, 3.05) is 13.1 Å². The lowest BCUT2D eigenvalue weighted by atomic mass is 9.94. The Bertz CT molecular complexity index is 1220. The molecule has 2 aliphatic heterocycles. The fourth-order valence-corrected chi connectivity index (χ4v) is 5.49. The fraction of sp³-hybridized carbons (Fsp3) is 0.345. The summed E-state index contributed by atoms with van der Waals surface area (Å²) in [7, 11) is 0. The lowest BCUT2D eigenvalue weighted by molar-refractivity contribution is -0.140. The number of rotatable bonds is 6. The number of alkyl halides is 3. The van der Waals surface area contributed by atoms with Crippen LogP contribution in [0, 0.1) is 5.82 Å². The van der Waals surface area contributed by atoms with Gasteiger partial charge in [-0.25, -0.2) is 4.39 Å². The van der Waals surface area contributed by atoms with Gasteiger partial charge in [0.15, 0.2) is 0 Å². The van der Waals surface area contributed by atoms with Gasteiger partial charge < -0.3 is 4.90 Å². The molecule has 1 spiro atoms. The zero-order valence-corrected chi connectivity index (χ0v) is 20.3. The number of halogens is 4. The number of hydrogen-bond acceptors (Lipinski definition) is 3. The molecule has 2 saturated heterocycles. The fourth-order valence-electron chi connectivity index (χ4n) is 5.49. The highest BCUT2D eigenvalue weighted by atomic mass is 19.4. The normalized spacial score (nSPS) is 20.1. The highest BCUT2D eigenvalue weighted by Crippen LogP contribution is 2.36. The summed E-state index contributed by atoms with van der Waals surface area (Å²) in [5, 5.41) is 3.66. The number of likely N-dealkylation sites (tertiary alicyclic amines) is 1. The number of nitrogens with zero attached hydrogens (tertiary/aromatic N) is 2. The van der Waals surface area contributed by atoms with Crippen molar-refractivity contribution in [3.63, 3.8) is 0 Å². The average molecular weight is 512 g/mol. The van der Waals surface area contributed by atoms with Gasteiger partial charge in [-0.15, -0.1) is 0 Å². The van der Waals surface area contributed by atoms with Crippen LogP contribution in [0.25, 0.3) is 0 Å². The molecule has 1 N–H and O–H groups in total. The molecule has 2 heterocycles. The van der Waals surface area contributed by atoms with E-state index in [0.29, 0.717) is 51.0 Å². The summed E-state index contributed by atoms with van der Waals surface area (Å²) >= 11 is 0. The van der Waals surface area contributed by atoms with Crippen LogP contribution < -0.4 is 5.32 Å². The number of carbonyl (C=O) groups is 1. The van der Waals surface area contributed by atoms with Crippen molar-refractivity contribution in [3.05, 3.63) is 107 Å². The van der Waals surface area contributed by atoms with Gasteiger partial charge in [-0.3, -0.25) is 15.0 Å². The second kappa shape index (κ2) is 10.3. The van der Waals surface area contributed by atoms with Gasteiger partial charge in [-0.05, 0) is 48.1 Å². The van der Waals surface area contributed by atoms with Crippen LogP contribution in [0.2, 0.25) is 0 Å². The predicted octanol–water partition coefficient (Wildman–Crippen LogP) is 5.38. The summed E-state index contributed by atoms with van der Waals surface area (Å²) in [6, 6.07) is 22.6. The lowest BCUT2D eigenvalue weighted by Gasteiger charge is -2.45. The molecule has 0 radical (unpaired) electrons. The Morgan fingerprint density at radius 3 is 2.05 bits per heavy atom. The zero-order valence-electron chi connectivity index (χ0n) is 20.3. The van der Waals surface area contributed by atoms with Crippen molar-refractivity contribution in [1.29, 1.82) is 0 Å². The largest absolute Gasteiger partial charge is 0.419 e. The monoisotopic (exact) mass is 511 g/mol. The Kier molecular flexibility index (Phi) is 7.05. The summed E-state index contributed by atoms with van der Waals surface area (Å²) < 4.78 is 52.8. The van der Waals surface area contributed by atoms with Crippen molar-refractivity contribution in [3.8, 4) is 0 Å². The molecule has 1 atom stereocenters. The molecule has 0 aromatic heterocycles. The maximum atomic E-state index is 14.1. The maximum Gasteiger partial charge on any atom is 0.419 e. The first-order valence-electron chi connectivity index (χ1n) is 12.5. The minimum absolute atomic E-state index is 0.0750. The van der Waals surface area contributed by atoms with Crippen molar-refractivity contribution < 1.29 is 22.4 Å². The van der Waals surface area contributed by atoms with Crippen LogP contribution in [0.5, 0.6) is 0 Å². The van der Waals surface area contributed by atoms with Gasteiger partial charge in [-0.1, -0.05) is 66.7 Å². The highest BCUT2D eigenvalue weighted by molar-refractivity contribution is 5.85. The average Bonchev–Trinajstić information content (AvgIpc) is 3.11. The van der Waals surface area contributed by atoms with Gasteiger partial charge >= 0.3 is 6.18 Å². The summed E-state index contributed by atoms with van der Waals surface area (Å²) in [5.74, 6) is -1.18. The van der Waals surface area contributed by atoms with Crippen LogP contribution in [-0.4, -0.2) is 40.5 Å². The summed E-state index contributed by atoms with van der Waals surface area (Å²) in [6.45, 7) is 2.12. The molecule has 37 heavy (non-hydrogen) atoms. The quantitative estimate of drug-likeness (QED) is 0.452. The second-order valence-corrected chi connectivity index (χ2v) is 9.92. The van der Waals surface area contributed by atoms with E-state index in [1.54, 1.807) is 0 Å². The Labute approximate surface area is 213 Å². The van der Waals surface area contributed by atoms with E-state index in [4.69, 9.17) is 0 Å². The van der Waals surface area contributed by atoms with E-state index in [1.165, 1.54) is 6.07 Å². The first kappa shape index (κ1) is 25.4. The van der Waals surface area contributed by atoms with E-state index in [-0.39, 0.29) is 11.9 Å². The molecule has 4 nitrogen and oxygen atoms in total. The third-order valence-corrected chi connectivity index (χ3v) is 7.42. The highest BCUT2D eigenvalue weighted by Gasteiger charge is 2.51. The third kappa shape index (κ3) is 5.55. The van der Waals surface area contributed by atoms with Crippen LogP contribution in [0.1, 0.15) is 35.1 Å². The van der Waals surface area contributed by atoms with E-state index in [0.717, 1.165) is 23.3 Å². The van der Waals surface area contributed by atoms with Crippen LogP contribution >= 0.6 is 0 Å². The SMILES string of the molecule is O=C1[C@H](Cc2ccccc2)NC2(CCN(Cc3ccc(C(F)(F)F)c(F)c3)CC2)N1Cc1ccccc1. The number of piperidine rings is 1. The Morgan fingerprint density at radius 1 is 0.838 bits per heavy atom. The second-order valence-electron chi connectivity index (χ2n) is 9.92. The number of amides is 1. The summed E-state index contributed by atoms with van der Waals surface area (Å²) in [4.78, 5) is 17.7. The number of benzene rings is 3. The number of hydrogen-bond donors (Lipinski definition) is 1. The minimum Gasteiger partial charge on any atom is -0.319 e. The Morgan fingerprint density at radius 2 is 1.46 bits per heavy atom. The van der Waals surface area contributed by atoms with E-state index >= 15 is 0 Å². The molecule has 3 aromatic rings. The van der Waals surface area contributed by atoms with Crippen molar-refractivity contribution >= 4 is 5.91 Å². The molecule has 0 bridgehead atoms. The molecule has 3 aromatic carbocycles. The van der Waals surface area contributed by atoms with E-state index in [1.807, 2.05) is 65.6 Å². The first-order valence-corrected chi connectivity index (χ1v) is 12.5. The molecule has 2 fully saturated rings. The van der Waals surface area contributed by atoms with E-state index in [9.17, 15) is 22.4 Å². The van der Waals surface area contributed by atoms with Gasteiger partial charge in [0.25, 0.3) is 0 Å². The van der Waals surface area contributed by atoms with Crippen LogP contribution in [0.4, 0.5) is 17.6 Å². The summed E-state index contributed by atoms with van der Waals surface area (Å²) in [6.07, 6.45) is -2.78. The standard InChI is InChI=1S/C29H29F4N3O/c30-25-17-23(11-12-24(25)29(31,32)33)19-35-15-13-28(14-16-35)34-26(18-21-7-3-1-4-8-21)27(37)36(28)20-22-9-5-2-6-10-22/h1-12,17,26,34H,13-16,18-20H2/t26-/m0/s1. The Hall–Kier alpha value is -3.23. The van der Waals surface area contributed by atoms with Crippen molar-refractivity contribution in [2.24, 2.45) is 0 Å². The molecule has 5 rings (SSSR count). The molecule has 0 unspecified atom stereocenters. The van der Waals surface area contributed by atoms with Gasteiger partial charge in [-0.2, -0.15) is 13.2 Å². The maximum absolute atomic E-state index is 14.1. The van der Waals surface area contributed by atoms with E-state index in [2.05, 4.69) is 10.2 Å². The van der Waals surface area contributed by atoms with Crippen molar-refractivity contribution in [1.82, 2.24) is 15.1 Å². The summed E-state index contributed by atoms with van der Waals surface area (Å²) in [5.41, 5.74) is 0.893. The lowest BCUT2D eigenvalue weighted by Crippen LogP contribution is -2.58. The predicted molar refractivity (Wildman–Crippen MR) is 133 cm³/mol. The van der Waals surface area contributed by atoms with Crippen LogP contribution in [-0.2, 0) is 30.5 Å². The number of nitrogens with one attached hydrogen (secondary N) is 1. The minimum atomic E-state index is -4.71. The van der Waals surface area contributed by atoms with Gasteiger partial charge in [0.1, 0.15) is 5.82 Å². The molecule has 0 aliphatic carbocycles. The van der Waals surface area contributed by atoms with Crippen LogP contribution in [0.15, 0.2) is 78.9 Å². The number of carbonyl (C=O) groups excluding carboxylic acids is 1. The van der Waals surface area contributed by atoms with Crippen molar-refractivity contribution in [2.45, 2.75) is 50.2 Å². The van der Waals surface area contributed by atoms with Crippen LogP contribution in [0.3, 0.4) is 0 Å². The molecule has 8 heteroatoms. The zero-order chi connectivity index (χ0) is 26.0. The molecule has 194 valence electrons. The Balaban J connectivity index is 1.31. The van der Waals surface area contributed by atoms with Gasteiger partial charge in [0.2, 0.25) is 5.91 Å².